The Balaban J connectivity index is 2.54. The number of carbonyl (C=O) groups excluding carboxylic acids is 1. The lowest BCUT2D eigenvalue weighted by Crippen LogP contribution is -2.32. The first-order chi connectivity index (χ1) is 11.1. The molecule has 126 valence electrons. The highest BCUT2D eigenvalue weighted by molar-refractivity contribution is 5.96. The van der Waals surface area contributed by atoms with E-state index in [1.54, 1.807) is 4.57 Å². The molecule has 1 aromatic rings. The van der Waals surface area contributed by atoms with E-state index in [0.29, 0.717) is 32.7 Å². The number of methoxy groups -OCH3 is 1. The van der Waals surface area contributed by atoms with Crippen molar-refractivity contribution in [3.63, 3.8) is 0 Å². The summed E-state index contributed by atoms with van der Waals surface area (Å²) in [4.78, 5) is 24.7. The molecule has 0 aliphatic carbocycles. The fourth-order valence-electron chi connectivity index (χ4n) is 2.55. The first-order valence-electron chi connectivity index (χ1n) is 7.59. The van der Waals surface area contributed by atoms with Crippen LogP contribution in [0.15, 0.2) is 17.3 Å². The predicted molar refractivity (Wildman–Crippen MR) is 86.2 cm³/mol. The number of anilines is 1. The molecular weight excluding hydrogens is 300 g/mol. The third kappa shape index (κ3) is 3.73. The third-order valence-corrected chi connectivity index (χ3v) is 3.80. The van der Waals surface area contributed by atoms with E-state index in [4.69, 9.17) is 19.9 Å². The summed E-state index contributed by atoms with van der Waals surface area (Å²) in [5.74, 6) is -0.575. The van der Waals surface area contributed by atoms with E-state index < -0.39 is 5.97 Å². The Bertz CT molecular complexity index is 645. The lowest BCUT2D eigenvalue weighted by atomic mass is 10.1. The predicted octanol–water partition coefficient (Wildman–Crippen LogP) is 1.58. The number of hydrogen-bond acceptors (Lipinski definition) is 6. The molecule has 1 fully saturated rings. The van der Waals surface area contributed by atoms with Crippen molar-refractivity contribution >= 4 is 17.7 Å². The molecule has 0 unspecified atom stereocenters. The summed E-state index contributed by atoms with van der Waals surface area (Å²) in [6.45, 7) is 3.47. The van der Waals surface area contributed by atoms with E-state index in [-0.39, 0.29) is 28.4 Å². The topological polar surface area (TPSA) is 92.8 Å². The van der Waals surface area contributed by atoms with Gasteiger partial charge in [0.25, 0.3) is 5.56 Å². The Hall–Kier alpha value is -2.28. The van der Waals surface area contributed by atoms with Crippen molar-refractivity contribution in [1.29, 1.82) is 0 Å². The molecule has 1 aliphatic rings. The molecule has 2 heterocycles. The molecular formula is C16H22N2O5. The standard InChI is InChI=1S/C16H22N2O5/c1-3-22-9-6-12-14(17)13(16(20)21-2)10-18(15(12)19)11-4-7-23-8-5-11/h6,9-11H,3-5,7-8,17H2,1-2H3. The largest absolute Gasteiger partial charge is 0.501 e. The molecule has 0 radical (unpaired) electrons. The number of pyridine rings is 1. The first kappa shape index (κ1) is 17.1. The van der Waals surface area contributed by atoms with Gasteiger partial charge in [-0.05, 0) is 25.8 Å². The Morgan fingerprint density at radius 1 is 1.48 bits per heavy atom. The van der Waals surface area contributed by atoms with Crippen molar-refractivity contribution in [3.05, 3.63) is 33.9 Å². The summed E-state index contributed by atoms with van der Waals surface area (Å²) in [6, 6.07) is -0.0282. The van der Waals surface area contributed by atoms with E-state index in [2.05, 4.69) is 0 Å². The smallest absolute Gasteiger partial charge is 0.341 e. The van der Waals surface area contributed by atoms with E-state index in [0.717, 1.165) is 0 Å². The Morgan fingerprint density at radius 3 is 2.78 bits per heavy atom. The molecule has 2 rings (SSSR count). The summed E-state index contributed by atoms with van der Waals surface area (Å²) < 4.78 is 16.8. The molecule has 0 spiro atoms. The number of nitrogens with zero attached hydrogens (tertiary/aromatic N) is 1. The van der Waals surface area contributed by atoms with Gasteiger partial charge in [-0.3, -0.25) is 4.79 Å². The lowest BCUT2D eigenvalue weighted by molar-refractivity contribution is 0.0596. The number of nitrogens with two attached hydrogens (primary N) is 1. The van der Waals surface area contributed by atoms with Crippen LogP contribution in [0.3, 0.4) is 0 Å². The van der Waals surface area contributed by atoms with E-state index >= 15 is 0 Å². The minimum absolute atomic E-state index is 0.0282. The van der Waals surface area contributed by atoms with Crippen molar-refractivity contribution in [2.24, 2.45) is 0 Å². The average molecular weight is 322 g/mol. The lowest BCUT2D eigenvalue weighted by Gasteiger charge is -2.25. The van der Waals surface area contributed by atoms with Crippen molar-refractivity contribution in [3.8, 4) is 0 Å². The molecule has 1 saturated heterocycles. The molecule has 0 saturated carbocycles. The van der Waals surface area contributed by atoms with Crippen LogP contribution in [0.4, 0.5) is 5.69 Å². The maximum absolute atomic E-state index is 12.7. The van der Waals surface area contributed by atoms with Gasteiger partial charge in [0.2, 0.25) is 0 Å². The molecule has 0 bridgehead atoms. The van der Waals surface area contributed by atoms with Gasteiger partial charge in [0.05, 0.1) is 36.8 Å². The Kier molecular flexibility index (Phi) is 5.81. The molecule has 1 aromatic heterocycles. The van der Waals surface area contributed by atoms with Crippen LogP contribution in [0.5, 0.6) is 0 Å². The number of hydrogen-bond donors (Lipinski definition) is 1. The normalized spacial score (nSPS) is 15.7. The van der Waals surface area contributed by atoms with Crippen LogP contribution in [-0.4, -0.2) is 37.5 Å². The third-order valence-electron chi connectivity index (χ3n) is 3.80. The van der Waals surface area contributed by atoms with Crippen LogP contribution in [0.25, 0.3) is 6.08 Å². The van der Waals surface area contributed by atoms with Gasteiger partial charge in [0.15, 0.2) is 0 Å². The molecule has 7 heteroatoms. The van der Waals surface area contributed by atoms with Crippen LogP contribution in [0, 0.1) is 0 Å². The fraction of sp³-hybridized carbons (Fsp3) is 0.500. The molecule has 2 N–H and O–H groups in total. The number of aromatic nitrogens is 1. The van der Waals surface area contributed by atoms with Gasteiger partial charge in [-0.1, -0.05) is 0 Å². The molecule has 0 aromatic carbocycles. The number of rotatable bonds is 5. The van der Waals surface area contributed by atoms with Gasteiger partial charge >= 0.3 is 5.97 Å². The zero-order valence-corrected chi connectivity index (χ0v) is 13.4. The minimum Gasteiger partial charge on any atom is -0.501 e. The van der Waals surface area contributed by atoms with Gasteiger partial charge in [0.1, 0.15) is 0 Å². The van der Waals surface area contributed by atoms with Crippen LogP contribution in [-0.2, 0) is 14.2 Å². The summed E-state index contributed by atoms with van der Waals surface area (Å²) >= 11 is 0. The SMILES string of the molecule is CCOC=Cc1c(N)c(C(=O)OC)cn(C2CCOCC2)c1=O. The summed E-state index contributed by atoms with van der Waals surface area (Å²) in [6.07, 6.45) is 5.79. The molecule has 0 atom stereocenters. The van der Waals surface area contributed by atoms with Crippen molar-refractivity contribution in [2.45, 2.75) is 25.8 Å². The van der Waals surface area contributed by atoms with Crippen molar-refractivity contribution in [2.75, 3.05) is 32.7 Å². The van der Waals surface area contributed by atoms with Crippen LogP contribution < -0.4 is 11.3 Å². The van der Waals surface area contributed by atoms with E-state index in [1.165, 1.54) is 25.6 Å². The quantitative estimate of drug-likeness (QED) is 0.653. The van der Waals surface area contributed by atoms with E-state index in [9.17, 15) is 9.59 Å². The van der Waals surface area contributed by atoms with Crippen LogP contribution in [0.2, 0.25) is 0 Å². The molecule has 1 aliphatic heterocycles. The number of carbonyl (C=O) groups is 1. The zero-order chi connectivity index (χ0) is 16.8. The number of nitrogen functional groups attached to an aromatic ring is 1. The maximum atomic E-state index is 12.7. The first-order valence-corrected chi connectivity index (χ1v) is 7.59. The summed E-state index contributed by atoms with van der Waals surface area (Å²) in [7, 11) is 1.28. The second-order valence-electron chi connectivity index (χ2n) is 5.18. The highest BCUT2D eigenvalue weighted by Gasteiger charge is 2.23. The molecule has 23 heavy (non-hydrogen) atoms. The van der Waals surface area contributed by atoms with Gasteiger partial charge in [-0.15, -0.1) is 0 Å². The fourth-order valence-corrected chi connectivity index (χ4v) is 2.55. The second kappa shape index (κ2) is 7.82. The van der Waals surface area contributed by atoms with Gasteiger partial charge in [0, 0.05) is 25.5 Å². The van der Waals surface area contributed by atoms with Gasteiger partial charge in [-0.2, -0.15) is 0 Å². The van der Waals surface area contributed by atoms with Gasteiger partial charge in [-0.25, -0.2) is 4.79 Å². The number of esters is 1. The van der Waals surface area contributed by atoms with Crippen LogP contribution >= 0.6 is 0 Å². The van der Waals surface area contributed by atoms with E-state index in [1.807, 2.05) is 6.92 Å². The van der Waals surface area contributed by atoms with Crippen LogP contribution in [0.1, 0.15) is 41.7 Å². The Labute approximate surface area is 134 Å². The van der Waals surface area contributed by atoms with Crippen molar-refractivity contribution < 1.29 is 19.0 Å². The molecule has 0 amide bonds. The second-order valence-corrected chi connectivity index (χ2v) is 5.18. The highest BCUT2D eigenvalue weighted by atomic mass is 16.5. The molecule has 7 nitrogen and oxygen atoms in total. The Morgan fingerprint density at radius 2 is 2.17 bits per heavy atom. The monoisotopic (exact) mass is 322 g/mol. The summed E-state index contributed by atoms with van der Waals surface area (Å²) in [5.41, 5.74) is 6.25. The van der Waals surface area contributed by atoms with Gasteiger partial charge < -0.3 is 24.5 Å². The minimum atomic E-state index is -0.575. The zero-order valence-electron chi connectivity index (χ0n) is 13.4. The van der Waals surface area contributed by atoms with Crippen molar-refractivity contribution in [1.82, 2.24) is 4.57 Å². The highest BCUT2D eigenvalue weighted by Crippen LogP contribution is 2.23. The number of ether oxygens (including phenoxy) is 3. The summed E-state index contributed by atoms with van der Waals surface area (Å²) in [5, 5.41) is 0. The average Bonchev–Trinajstić information content (AvgIpc) is 2.58. The maximum Gasteiger partial charge on any atom is 0.341 e.